The number of allylic oxidation sites excluding steroid dienone is 1. The van der Waals surface area contributed by atoms with Gasteiger partial charge in [-0.2, -0.15) is 13.9 Å². The Morgan fingerprint density at radius 2 is 2.03 bits per heavy atom. The third kappa shape index (κ3) is 4.79. The molecule has 1 aromatic heterocycles. The van der Waals surface area contributed by atoms with Crippen molar-refractivity contribution in [2.45, 2.75) is 26.4 Å². The number of benzene rings is 1. The van der Waals surface area contributed by atoms with Crippen molar-refractivity contribution in [1.82, 2.24) is 20.0 Å². The number of anilines is 2. The predicted molar refractivity (Wildman–Crippen MR) is 109 cm³/mol. The van der Waals surface area contributed by atoms with Gasteiger partial charge in [-0.1, -0.05) is 12.1 Å². The van der Waals surface area contributed by atoms with Gasteiger partial charge >= 0.3 is 6.55 Å². The third-order valence-electron chi connectivity index (χ3n) is 4.79. The highest BCUT2D eigenvalue weighted by molar-refractivity contribution is 6.09. The van der Waals surface area contributed by atoms with E-state index in [1.54, 1.807) is 25.1 Å². The molecule has 2 N–H and O–H groups in total. The number of carbonyl (C=O) groups excluding carboxylic acids is 1. The van der Waals surface area contributed by atoms with Gasteiger partial charge in [-0.15, -0.1) is 0 Å². The Labute approximate surface area is 168 Å². The fourth-order valence-electron chi connectivity index (χ4n) is 3.33. The first-order chi connectivity index (χ1) is 13.9. The van der Waals surface area contributed by atoms with Crippen molar-refractivity contribution < 1.29 is 13.6 Å². The first-order valence-corrected chi connectivity index (χ1v) is 9.25. The molecule has 1 aliphatic rings. The van der Waals surface area contributed by atoms with Crippen LogP contribution in [0.2, 0.25) is 0 Å². The Bertz CT molecular complexity index is 933. The minimum absolute atomic E-state index is 0.0455. The highest BCUT2D eigenvalue weighted by atomic mass is 19.3. The lowest BCUT2D eigenvalue weighted by atomic mass is 10.1. The number of rotatable bonds is 6. The van der Waals surface area contributed by atoms with E-state index in [0.717, 1.165) is 35.1 Å². The Morgan fingerprint density at radius 1 is 1.31 bits per heavy atom. The quantitative estimate of drug-likeness (QED) is 0.576. The molecule has 0 spiro atoms. The number of nitrogens with one attached hydrogen (secondary N) is 2. The lowest BCUT2D eigenvalue weighted by molar-refractivity contribution is -0.129. The number of aromatic nitrogens is 2. The largest absolute Gasteiger partial charge is 0.393 e. The van der Waals surface area contributed by atoms with Crippen LogP contribution in [0.1, 0.15) is 23.7 Å². The molecule has 29 heavy (non-hydrogen) atoms. The number of carbonyl (C=O) groups is 1. The number of fused-ring (bicyclic) bond motifs is 1. The van der Waals surface area contributed by atoms with E-state index in [2.05, 4.69) is 20.7 Å². The van der Waals surface area contributed by atoms with Crippen LogP contribution in [-0.4, -0.2) is 46.9 Å². The molecule has 9 heteroatoms. The molecule has 2 aromatic rings. The van der Waals surface area contributed by atoms with E-state index in [0.29, 0.717) is 24.5 Å². The van der Waals surface area contributed by atoms with Crippen LogP contribution in [0.15, 0.2) is 35.5 Å². The van der Waals surface area contributed by atoms with Gasteiger partial charge in [-0.05, 0) is 17.7 Å². The van der Waals surface area contributed by atoms with Crippen molar-refractivity contribution in [3.05, 3.63) is 47.3 Å². The summed E-state index contributed by atoms with van der Waals surface area (Å²) in [5.74, 6) is 0.760. The van der Waals surface area contributed by atoms with Crippen LogP contribution in [0.5, 0.6) is 0 Å². The highest BCUT2D eigenvalue weighted by Gasteiger charge is 2.25. The minimum Gasteiger partial charge on any atom is -0.393 e. The second-order valence-corrected chi connectivity index (χ2v) is 6.73. The molecule has 0 saturated carbocycles. The molecule has 1 aliphatic heterocycles. The average molecular weight is 402 g/mol. The lowest BCUT2D eigenvalue weighted by Gasteiger charge is -2.26. The zero-order valence-corrected chi connectivity index (χ0v) is 16.6. The van der Waals surface area contributed by atoms with Crippen molar-refractivity contribution in [2.75, 3.05) is 18.9 Å². The molecule has 1 aromatic carbocycles. The summed E-state index contributed by atoms with van der Waals surface area (Å²) in [6.45, 7) is 0.0383. The fourth-order valence-corrected chi connectivity index (χ4v) is 3.33. The lowest BCUT2D eigenvalue weighted by Crippen LogP contribution is -2.34. The number of aliphatic imine (C=N–C) groups is 1. The van der Waals surface area contributed by atoms with Crippen LogP contribution >= 0.6 is 0 Å². The van der Waals surface area contributed by atoms with Crippen molar-refractivity contribution in [3.8, 4) is 0 Å². The maximum atomic E-state index is 12.4. The zero-order chi connectivity index (χ0) is 21.0. The van der Waals surface area contributed by atoms with Gasteiger partial charge in [0.25, 0.3) is 0 Å². The van der Waals surface area contributed by atoms with Crippen LogP contribution in [0.3, 0.4) is 0 Å². The number of alkyl halides is 2. The van der Waals surface area contributed by atoms with Crippen molar-refractivity contribution in [2.24, 2.45) is 12.0 Å². The van der Waals surface area contributed by atoms with E-state index < -0.39 is 6.55 Å². The first kappa shape index (κ1) is 20.5. The highest BCUT2D eigenvalue weighted by Crippen LogP contribution is 2.28. The van der Waals surface area contributed by atoms with Crippen LogP contribution in [0, 0.1) is 0 Å². The molecule has 1 amide bonds. The number of hydrogen-bond donors (Lipinski definition) is 2. The van der Waals surface area contributed by atoms with Crippen molar-refractivity contribution >= 4 is 29.2 Å². The Morgan fingerprint density at radius 3 is 2.66 bits per heavy atom. The van der Waals surface area contributed by atoms with Crippen LogP contribution in [0.4, 0.5) is 20.3 Å². The molecule has 0 fully saturated rings. The number of hydrogen-bond acceptors (Lipinski definition) is 5. The van der Waals surface area contributed by atoms with E-state index in [9.17, 15) is 13.6 Å². The summed E-state index contributed by atoms with van der Waals surface area (Å²) in [6.07, 6.45) is 3.52. The van der Waals surface area contributed by atoms with E-state index in [4.69, 9.17) is 0 Å². The van der Waals surface area contributed by atoms with Crippen LogP contribution in [0.25, 0.3) is 5.57 Å². The molecular formula is C20H24F2N6O. The normalized spacial score (nSPS) is 14.4. The maximum absolute atomic E-state index is 12.4. The van der Waals surface area contributed by atoms with E-state index in [1.807, 2.05) is 36.0 Å². The van der Waals surface area contributed by atoms with E-state index >= 15 is 0 Å². The second-order valence-electron chi connectivity index (χ2n) is 6.73. The summed E-state index contributed by atoms with van der Waals surface area (Å²) in [7, 11) is 3.59. The van der Waals surface area contributed by atoms with Gasteiger partial charge in [0.2, 0.25) is 5.91 Å². The number of amides is 1. The van der Waals surface area contributed by atoms with Crippen LogP contribution < -0.4 is 10.6 Å². The van der Waals surface area contributed by atoms with Crippen molar-refractivity contribution in [3.63, 3.8) is 0 Å². The minimum atomic E-state index is -2.75. The third-order valence-corrected chi connectivity index (χ3v) is 4.79. The topological polar surface area (TPSA) is 74.6 Å². The molecule has 3 rings (SSSR count). The molecule has 0 radical (unpaired) electrons. The Kier molecular flexibility index (Phi) is 6.26. The standard InChI is InChI=1S/C20H24F2N6O/c1-13(29)28-9-8-18-17(12-28)19(26-27(18)3)25-16-6-4-14(5-7-16)15(10-23-2)11-24-20(21)22/h4-7,10-11,20,23H,8-9,12H2,1-3H3,(H,25,26)/b15-10+,24-11+. The maximum Gasteiger partial charge on any atom is 0.331 e. The molecule has 154 valence electrons. The molecule has 0 atom stereocenters. The monoisotopic (exact) mass is 402 g/mol. The Hall–Kier alpha value is -3.23. The average Bonchev–Trinajstić information content (AvgIpc) is 3.00. The van der Waals surface area contributed by atoms with E-state index in [1.165, 1.54) is 0 Å². The van der Waals surface area contributed by atoms with E-state index in [-0.39, 0.29) is 5.91 Å². The molecule has 0 aliphatic carbocycles. The van der Waals surface area contributed by atoms with Crippen LogP contribution in [-0.2, 0) is 24.8 Å². The second kappa shape index (κ2) is 8.85. The Balaban J connectivity index is 1.80. The van der Waals surface area contributed by atoms with Gasteiger partial charge < -0.3 is 15.5 Å². The van der Waals surface area contributed by atoms with Gasteiger partial charge in [0.05, 0.1) is 6.54 Å². The molecular weight excluding hydrogens is 378 g/mol. The summed E-state index contributed by atoms with van der Waals surface area (Å²) >= 11 is 0. The number of aryl methyl sites for hydroxylation is 1. The smallest absolute Gasteiger partial charge is 0.331 e. The fraction of sp³-hybridized carbons (Fsp3) is 0.350. The molecule has 2 heterocycles. The van der Waals surface area contributed by atoms with Gasteiger partial charge in [-0.3, -0.25) is 9.48 Å². The van der Waals surface area contributed by atoms with Gasteiger partial charge in [0.15, 0.2) is 5.82 Å². The summed E-state index contributed by atoms with van der Waals surface area (Å²) in [5.41, 5.74) is 4.23. The SMILES string of the molecule is CN/C=C(\C=N\C(F)F)c1ccc(Nc2nn(C)c3c2CN(C(C)=O)CC3)cc1. The van der Waals surface area contributed by atoms with Gasteiger partial charge in [0.1, 0.15) is 0 Å². The summed E-state index contributed by atoms with van der Waals surface area (Å²) in [4.78, 5) is 16.7. The molecule has 7 nitrogen and oxygen atoms in total. The number of halogens is 2. The zero-order valence-electron chi connectivity index (χ0n) is 16.6. The summed E-state index contributed by atoms with van der Waals surface area (Å²) in [6, 6.07) is 7.34. The number of nitrogens with zero attached hydrogens (tertiary/aromatic N) is 4. The predicted octanol–water partition coefficient (Wildman–Crippen LogP) is 2.92. The molecule has 0 bridgehead atoms. The summed E-state index contributed by atoms with van der Waals surface area (Å²) in [5, 5.41) is 10.7. The van der Waals surface area contributed by atoms with Gasteiger partial charge in [-0.25, -0.2) is 4.99 Å². The summed E-state index contributed by atoms with van der Waals surface area (Å²) < 4.78 is 26.6. The molecule has 0 unspecified atom stereocenters. The van der Waals surface area contributed by atoms with Crippen molar-refractivity contribution in [1.29, 1.82) is 0 Å². The first-order valence-electron chi connectivity index (χ1n) is 9.25. The molecule has 0 saturated heterocycles. The van der Waals surface area contributed by atoms with Gasteiger partial charge in [0, 0.05) is 68.9 Å².